The van der Waals surface area contributed by atoms with Crippen LogP contribution in [0.15, 0.2) is 0 Å². The number of hydrogen-bond acceptors (Lipinski definition) is 3. The van der Waals surface area contributed by atoms with Crippen LogP contribution in [0, 0.1) is 11.3 Å². The Balaban J connectivity index is 3.68. The van der Waals surface area contributed by atoms with E-state index in [1.807, 2.05) is 0 Å². The van der Waals surface area contributed by atoms with Crippen molar-refractivity contribution in [3.63, 3.8) is 0 Å². The molecule has 0 amide bonds. The molecule has 0 aliphatic carbocycles. The van der Waals surface area contributed by atoms with Gasteiger partial charge < -0.3 is 0 Å². The Morgan fingerprint density at radius 1 is 1.55 bits per heavy atom. The molecule has 0 aliphatic rings. The summed E-state index contributed by atoms with van der Waals surface area (Å²) < 4.78 is 24.8. The molecule has 0 saturated carbocycles. The van der Waals surface area contributed by atoms with Gasteiger partial charge in [-0.25, -0.2) is 13.1 Å². The summed E-state index contributed by atoms with van der Waals surface area (Å²) in [6.45, 7) is 0.424. The van der Waals surface area contributed by atoms with Crippen molar-refractivity contribution >= 4 is 32.6 Å². The first-order valence-electron chi connectivity index (χ1n) is 3.02. The largest absolute Gasteiger partial charge is 0.225 e. The summed E-state index contributed by atoms with van der Waals surface area (Å²) in [4.78, 5) is 0. The molecule has 0 bridgehead atoms. The second-order valence-corrected chi connectivity index (χ2v) is 4.74. The number of nitriles is 1. The Labute approximate surface area is 80.2 Å². The molecule has 0 aromatic heterocycles. The standard InChI is InChI=1S/C5H9IN2O2S/c6-2-1-4-8-11(9,10)5-3-7/h8H,1-2,4-5H2. The average molecular weight is 288 g/mol. The first-order valence-corrected chi connectivity index (χ1v) is 6.20. The lowest BCUT2D eigenvalue weighted by molar-refractivity contribution is 0.584. The van der Waals surface area contributed by atoms with Crippen molar-refractivity contribution in [2.45, 2.75) is 6.42 Å². The van der Waals surface area contributed by atoms with Crippen LogP contribution in [0.3, 0.4) is 0 Å². The summed E-state index contributed by atoms with van der Waals surface area (Å²) in [6, 6.07) is 1.58. The zero-order valence-corrected chi connectivity index (χ0v) is 8.85. The fourth-order valence-corrected chi connectivity index (χ4v) is 1.54. The van der Waals surface area contributed by atoms with Crippen molar-refractivity contribution in [3.05, 3.63) is 0 Å². The lowest BCUT2D eigenvalue weighted by Gasteiger charge is -1.99. The van der Waals surface area contributed by atoms with Gasteiger partial charge in [0.2, 0.25) is 10.0 Å². The molecule has 0 unspecified atom stereocenters. The van der Waals surface area contributed by atoms with Crippen molar-refractivity contribution in [2.24, 2.45) is 0 Å². The van der Waals surface area contributed by atoms with Crippen LogP contribution in [0.4, 0.5) is 0 Å². The predicted octanol–water partition coefficient (Wildman–Crippen LogP) is 0.254. The van der Waals surface area contributed by atoms with E-state index in [2.05, 4.69) is 27.3 Å². The molecule has 0 aromatic rings. The van der Waals surface area contributed by atoms with Crippen LogP contribution in [0.2, 0.25) is 0 Å². The van der Waals surface area contributed by atoms with Crippen LogP contribution < -0.4 is 4.72 Å². The molecule has 0 rings (SSSR count). The summed E-state index contributed by atoms with van der Waals surface area (Å²) in [6.07, 6.45) is 0.797. The summed E-state index contributed by atoms with van der Waals surface area (Å²) in [5.74, 6) is -0.450. The van der Waals surface area contributed by atoms with Gasteiger partial charge in [-0.1, -0.05) is 22.6 Å². The second-order valence-electron chi connectivity index (χ2n) is 1.85. The fraction of sp³-hybridized carbons (Fsp3) is 0.800. The lowest BCUT2D eigenvalue weighted by Crippen LogP contribution is -2.26. The third-order valence-corrected chi connectivity index (χ3v) is 2.80. The molecule has 1 N–H and O–H groups in total. The molecule has 4 nitrogen and oxygen atoms in total. The number of rotatable bonds is 5. The van der Waals surface area contributed by atoms with Crippen LogP contribution in [0.25, 0.3) is 0 Å². The first-order chi connectivity index (χ1) is 5.12. The van der Waals surface area contributed by atoms with E-state index in [1.165, 1.54) is 0 Å². The zero-order chi connectivity index (χ0) is 8.74. The van der Waals surface area contributed by atoms with E-state index in [9.17, 15) is 8.42 Å². The second kappa shape index (κ2) is 5.74. The van der Waals surface area contributed by atoms with Gasteiger partial charge in [0.15, 0.2) is 5.75 Å². The van der Waals surface area contributed by atoms with Crippen molar-refractivity contribution in [1.29, 1.82) is 5.26 Å². The van der Waals surface area contributed by atoms with Gasteiger partial charge in [0.25, 0.3) is 0 Å². The zero-order valence-electron chi connectivity index (χ0n) is 5.88. The van der Waals surface area contributed by atoms with E-state index in [0.717, 1.165) is 10.8 Å². The number of halogens is 1. The fourth-order valence-electron chi connectivity index (χ4n) is 0.430. The van der Waals surface area contributed by atoms with Gasteiger partial charge >= 0.3 is 0 Å². The van der Waals surface area contributed by atoms with Crippen molar-refractivity contribution < 1.29 is 8.42 Å². The summed E-state index contributed by atoms with van der Waals surface area (Å²) in [5.41, 5.74) is 0. The molecule has 0 spiro atoms. The molecule has 0 saturated heterocycles. The van der Waals surface area contributed by atoms with E-state index in [4.69, 9.17) is 5.26 Å². The highest BCUT2D eigenvalue weighted by atomic mass is 127. The normalized spacial score (nSPS) is 10.9. The Morgan fingerprint density at radius 2 is 2.18 bits per heavy atom. The van der Waals surface area contributed by atoms with Crippen molar-refractivity contribution in [3.8, 4) is 6.07 Å². The highest BCUT2D eigenvalue weighted by Gasteiger charge is 2.06. The smallest absolute Gasteiger partial charge is 0.214 e. The minimum Gasteiger partial charge on any atom is -0.214 e. The number of sulfonamides is 1. The number of alkyl halides is 1. The monoisotopic (exact) mass is 288 g/mol. The van der Waals surface area contributed by atoms with Crippen LogP contribution in [-0.4, -0.2) is 25.1 Å². The number of nitrogens with one attached hydrogen (secondary N) is 1. The van der Waals surface area contributed by atoms with Crippen LogP contribution in [-0.2, 0) is 10.0 Å². The first kappa shape index (κ1) is 11.1. The van der Waals surface area contributed by atoms with Crippen molar-refractivity contribution in [1.82, 2.24) is 4.72 Å². The van der Waals surface area contributed by atoms with E-state index in [-0.39, 0.29) is 0 Å². The SMILES string of the molecule is N#CCS(=O)(=O)NCCCI. The highest BCUT2D eigenvalue weighted by Crippen LogP contribution is 1.88. The minimum absolute atomic E-state index is 0.424. The Morgan fingerprint density at radius 3 is 2.64 bits per heavy atom. The Bertz CT molecular complexity index is 231. The summed E-state index contributed by atoms with van der Waals surface area (Å²) >= 11 is 2.16. The van der Waals surface area contributed by atoms with E-state index < -0.39 is 15.8 Å². The lowest BCUT2D eigenvalue weighted by atomic mass is 10.5. The topological polar surface area (TPSA) is 70.0 Å². The summed E-state index contributed by atoms with van der Waals surface area (Å²) in [7, 11) is -3.32. The molecule has 0 fully saturated rings. The molecule has 0 atom stereocenters. The maximum atomic E-state index is 10.8. The van der Waals surface area contributed by atoms with Gasteiger partial charge in [0, 0.05) is 11.0 Å². The molecular weight excluding hydrogens is 279 g/mol. The van der Waals surface area contributed by atoms with Crippen LogP contribution in [0.1, 0.15) is 6.42 Å². The van der Waals surface area contributed by atoms with Gasteiger partial charge in [0.1, 0.15) is 0 Å². The number of nitrogens with zero attached hydrogens (tertiary/aromatic N) is 1. The number of hydrogen-bond donors (Lipinski definition) is 1. The van der Waals surface area contributed by atoms with E-state index >= 15 is 0 Å². The quantitative estimate of drug-likeness (QED) is 0.448. The van der Waals surface area contributed by atoms with Gasteiger partial charge in [-0.3, -0.25) is 0 Å². The maximum Gasteiger partial charge on any atom is 0.225 e. The Kier molecular flexibility index (Phi) is 5.81. The van der Waals surface area contributed by atoms with E-state index in [0.29, 0.717) is 6.54 Å². The van der Waals surface area contributed by atoms with Gasteiger partial charge in [0.05, 0.1) is 6.07 Å². The average Bonchev–Trinajstić information content (AvgIpc) is 1.87. The molecular formula is C5H9IN2O2S. The maximum absolute atomic E-state index is 10.8. The molecule has 0 heterocycles. The van der Waals surface area contributed by atoms with Crippen LogP contribution >= 0.6 is 22.6 Å². The van der Waals surface area contributed by atoms with E-state index in [1.54, 1.807) is 6.07 Å². The summed E-state index contributed by atoms with van der Waals surface area (Å²) in [5, 5.41) is 8.09. The minimum atomic E-state index is -3.32. The molecule has 64 valence electrons. The third kappa shape index (κ3) is 6.52. The van der Waals surface area contributed by atoms with Crippen molar-refractivity contribution in [2.75, 3.05) is 16.7 Å². The predicted molar refractivity (Wildman–Crippen MR) is 50.9 cm³/mol. The highest BCUT2D eigenvalue weighted by molar-refractivity contribution is 14.1. The molecule has 0 radical (unpaired) electrons. The van der Waals surface area contributed by atoms with Gasteiger partial charge in [-0.2, -0.15) is 5.26 Å². The molecule has 11 heavy (non-hydrogen) atoms. The van der Waals surface area contributed by atoms with Crippen LogP contribution in [0.5, 0.6) is 0 Å². The molecule has 0 aliphatic heterocycles. The third-order valence-electron chi connectivity index (χ3n) is 0.887. The molecule has 0 aromatic carbocycles. The van der Waals surface area contributed by atoms with Gasteiger partial charge in [-0.05, 0) is 6.42 Å². The van der Waals surface area contributed by atoms with Gasteiger partial charge in [-0.15, -0.1) is 0 Å². The molecule has 6 heteroatoms. The Hall–Kier alpha value is 0.130.